The van der Waals surface area contributed by atoms with Crippen LogP contribution in [0.1, 0.15) is 41.0 Å². The summed E-state index contributed by atoms with van der Waals surface area (Å²) < 4.78 is 5.59. The van der Waals surface area contributed by atoms with Gasteiger partial charge in [0.15, 0.2) is 0 Å². The molecule has 1 atom stereocenters. The van der Waals surface area contributed by atoms with E-state index >= 15 is 0 Å². The molecule has 0 aromatic heterocycles. The number of hydrogen-bond acceptors (Lipinski definition) is 3. The summed E-state index contributed by atoms with van der Waals surface area (Å²) in [6.07, 6.45) is 1.20. The maximum Gasteiger partial charge on any atom is 0.0645 e. The highest BCUT2D eigenvalue weighted by atomic mass is 16.5. The standard InChI is InChI=1S/C14H30N2O/c1-6-13(10-15-9-12(2)3)16-7-8-17-11-14(16,4)5/h12-13,15H,6-11H2,1-5H3. The average molecular weight is 242 g/mol. The highest BCUT2D eigenvalue weighted by molar-refractivity contribution is 4.89. The van der Waals surface area contributed by atoms with Crippen molar-refractivity contribution in [3.05, 3.63) is 0 Å². The van der Waals surface area contributed by atoms with Gasteiger partial charge in [-0.1, -0.05) is 20.8 Å². The zero-order valence-corrected chi connectivity index (χ0v) is 12.3. The Hall–Kier alpha value is -0.120. The van der Waals surface area contributed by atoms with Crippen molar-refractivity contribution in [3.63, 3.8) is 0 Å². The van der Waals surface area contributed by atoms with Gasteiger partial charge >= 0.3 is 0 Å². The van der Waals surface area contributed by atoms with Crippen LogP contribution >= 0.6 is 0 Å². The molecule has 1 aliphatic heterocycles. The summed E-state index contributed by atoms with van der Waals surface area (Å²) in [7, 11) is 0. The van der Waals surface area contributed by atoms with Crippen molar-refractivity contribution >= 4 is 0 Å². The molecule has 0 aromatic rings. The predicted octanol–water partition coefficient (Wildman–Crippen LogP) is 2.12. The Morgan fingerprint density at radius 1 is 1.29 bits per heavy atom. The van der Waals surface area contributed by atoms with E-state index in [0.29, 0.717) is 6.04 Å². The van der Waals surface area contributed by atoms with Gasteiger partial charge in [0.2, 0.25) is 0 Å². The molecule has 1 heterocycles. The number of ether oxygens (including phenoxy) is 1. The molecule has 1 rings (SSSR count). The summed E-state index contributed by atoms with van der Waals surface area (Å²) in [5.41, 5.74) is 0.179. The second-order valence-corrected chi connectivity index (χ2v) is 6.17. The lowest BCUT2D eigenvalue weighted by Crippen LogP contribution is -2.59. The quantitative estimate of drug-likeness (QED) is 0.772. The molecule has 0 spiro atoms. The van der Waals surface area contributed by atoms with Crippen molar-refractivity contribution < 1.29 is 4.74 Å². The van der Waals surface area contributed by atoms with Crippen molar-refractivity contribution in [1.82, 2.24) is 10.2 Å². The molecule has 17 heavy (non-hydrogen) atoms. The zero-order chi connectivity index (χ0) is 12.9. The van der Waals surface area contributed by atoms with E-state index < -0.39 is 0 Å². The maximum absolute atomic E-state index is 5.59. The molecule has 1 saturated heterocycles. The summed E-state index contributed by atoms with van der Waals surface area (Å²) in [6, 6.07) is 0.632. The first-order valence-electron chi connectivity index (χ1n) is 7.02. The van der Waals surface area contributed by atoms with Gasteiger partial charge < -0.3 is 10.1 Å². The van der Waals surface area contributed by atoms with Crippen molar-refractivity contribution in [3.8, 4) is 0 Å². The van der Waals surface area contributed by atoms with E-state index in [1.54, 1.807) is 0 Å². The minimum atomic E-state index is 0.179. The van der Waals surface area contributed by atoms with Gasteiger partial charge in [-0.25, -0.2) is 0 Å². The minimum Gasteiger partial charge on any atom is -0.378 e. The smallest absolute Gasteiger partial charge is 0.0645 e. The Kier molecular flexibility index (Phi) is 5.90. The number of nitrogens with zero attached hydrogens (tertiary/aromatic N) is 1. The Morgan fingerprint density at radius 2 is 2.00 bits per heavy atom. The molecule has 0 aromatic carbocycles. The van der Waals surface area contributed by atoms with Crippen LogP contribution in [0, 0.1) is 5.92 Å². The van der Waals surface area contributed by atoms with Crippen LogP contribution in [-0.2, 0) is 4.74 Å². The lowest BCUT2D eigenvalue weighted by molar-refractivity contribution is -0.0721. The molecule has 0 amide bonds. The Bertz CT molecular complexity index is 216. The molecule has 1 aliphatic rings. The van der Waals surface area contributed by atoms with Crippen LogP contribution in [0.25, 0.3) is 0 Å². The van der Waals surface area contributed by atoms with E-state index in [-0.39, 0.29) is 5.54 Å². The third-order valence-electron chi connectivity index (χ3n) is 3.55. The third-order valence-corrected chi connectivity index (χ3v) is 3.55. The van der Waals surface area contributed by atoms with Crippen LogP contribution in [0.5, 0.6) is 0 Å². The number of rotatable bonds is 6. The fourth-order valence-corrected chi connectivity index (χ4v) is 2.56. The van der Waals surface area contributed by atoms with Gasteiger partial charge in [-0.2, -0.15) is 0 Å². The molecule has 1 N–H and O–H groups in total. The van der Waals surface area contributed by atoms with E-state index in [1.807, 2.05) is 0 Å². The SMILES string of the molecule is CCC(CNCC(C)C)N1CCOCC1(C)C. The second-order valence-electron chi connectivity index (χ2n) is 6.17. The first kappa shape index (κ1) is 14.9. The summed E-state index contributed by atoms with van der Waals surface area (Å²) in [5, 5.41) is 3.59. The summed E-state index contributed by atoms with van der Waals surface area (Å²) >= 11 is 0. The molecule has 102 valence electrons. The van der Waals surface area contributed by atoms with Gasteiger partial charge in [0.05, 0.1) is 13.2 Å². The average Bonchev–Trinajstić information content (AvgIpc) is 2.24. The molecule has 1 fully saturated rings. The van der Waals surface area contributed by atoms with E-state index in [4.69, 9.17) is 4.74 Å². The topological polar surface area (TPSA) is 24.5 Å². The third kappa shape index (κ3) is 4.57. The largest absolute Gasteiger partial charge is 0.378 e. The minimum absolute atomic E-state index is 0.179. The van der Waals surface area contributed by atoms with Crippen molar-refractivity contribution in [1.29, 1.82) is 0 Å². The van der Waals surface area contributed by atoms with E-state index in [9.17, 15) is 0 Å². The van der Waals surface area contributed by atoms with E-state index in [1.165, 1.54) is 6.42 Å². The number of hydrogen-bond donors (Lipinski definition) is 1. The highest BCUT2D eigenvalue weighted by Gasteiger charge is 2.34. The Labute approximate surface area is 107 Å². The van der Waals surface area contributed by atoms with Crippen LogP contribution in [0.15, 0.2) is 0 Å². The van der Waals surface area contributed by atoms with Crippen LogP contribution in [0.3, 0.4) is 0 Å². The second kappa shape index (κ2) is 6.72. The highest BCUT2D eigenvalue weighted by Crippen LogP contribution is 2.22. The van der Waals surface area contributed by atoms with Crippen molar-refractivity contribution in [2.75, 3.05) is 32.8 Å². The molecular weight excluding hydrogens is 212 g/mol. The number of morpholine rings is 1. The first-order chi connectivity index (χ1) is 7.97. The van der Waals surface area contributed by atoms with Crippen LogP contribution in [0.2, 0.25) is 0 Å². The van der Waals surface area contributed by atoms with Gasteiger partial charge in [0.1, 0.15) is 0 Å². The molecule has 0 saturated carbocycles. The molecular formula is C14H30N2O. The van der Waals surface area contributed by atoms with Gasteiger partial charge in [-0.15, -0.1) is 0 Å². The lowest BCUT2D eigenvalue weighted by atomic mass is 9.98. The molecule has 0 aliphatic carbocycles. The maximum atomic E-state index is 5.59. The predicted molar refractivity (Wildman–Crippen MR) is 73.4 cm³/mol. The normalized spacial score (nSPS) is 22.9. The molecule has 0 radical (unpaired) electrons. The van der Waals surface area contributed by atoms with Crippen LogP contribution in [-0.4, -0.2) is 49.3 Å². The molecule has 3 heteroatoms. The van der Waals surface area contributed by atoms with Gasteiger partial charge in [0, 0.05) is 24.7 Å². The van der Waals surface area contributed by atoms with Gasteiger partial charge in [-0.3, -0.25) is 4.90 Å². The fraction of sp³-hybridized carbons (Fsp3) is 1.00. The van der Waals surface area contributed by atoms with Gasteiger partial charge in [-0.05, 0) is 32.7 Å². The summed E-state index contributed by atoms with van der Waals surface area (Å²) in [6.45, 7) is 16.4. The van der Waals surface area contributed by atoms with Crippen LogP contribution < -0.4 is 5.32 Å². The molecule has 3 nitrogen and oxygen atoms in total. The molecule has 1 unspecified atom stereocenters. The van der Waals surface area contributed by atoms with Crippen LogP contribution in [0.4, 0.5) is 0 Å². The lowest BCUT2D eigenvalue weighted by Gasteiger charge is -2.46. The van der Waals surface area contributed by atoms with Gasteiger partial charge in [0.25, 0.3) is 0 Å². The summed E-state index contributed by atoms with van der Waals surface area (Å²) in [5.74, 6) is 0.727. The zero-order valence-electron chi connectivity index (χ0n) is 12.3. The molecule has 0 bridgehead atoms. The summed E-state index contributed by atoms with van der Waals surface area (Å²) in [4.78, 5) is 2.61. The first-order valence-corrected chi connectivity index (χ1v) is 7.02. The number of nitrogens with one attached hydrogen (secondary N) is 1. The fourth-order valence-electron chi connectivity index (χ4n) is 2.56. The Balaban J connectivity index is 2.47. The van der Waals surface area contributed by atoms with E-state index in [0.717, 1.165) is 38.8 Å². The van der Waals surface area contributed by atoms with E-state index in [2.05, 4.69) is 44.8 Å². The Morgan fingerprint density at radius 3 is 2.53 bits per heavy atom. The van der Waals surface area contributed by atoms with Crippen molar-refractivity contribution in [2.45, 2.75) is 52.6 Å². The monoisotopic (exact) mass is 242 g/mol. The van der Waals surface area contributed by atoms with Crippen molar-refractivity contribution in [2.24, 2.45) is 5.92 Å².